The van der Waals surface area contributed by atoms with Crippen molar-refractivity contribution in [3.8, 4) is 0 Å². The zero-order valence-electron chi connectivity index (χ0n) is 9.35. The molecule has 0 bridgehead atoms. The molecule has 0 saturated heterocycles. The SMILES string of the molecule is CCCCOP(C)(=O)Cc1ccncc1. The molecule has 0 spiro atoms. The summed E-state index contributed by atoms with van der Waals surface area (Å²) >= 11 is 0. The average molecular weight is 227 g/mol. The monoisotopic (exact) mass is 227 g/mol. The first-order chi connectivity index (χ1) is 7.14. The van der Waals surface area contributed by atoms with E-state index in [2.05, 4.69) is 11.9 Å². The van der Waals surface area contributed by atoms with E-state index in [1.165, 1.54) is 0 Å². The molecular formula is C11H18NO2P. The summed E-state index contributed by atoms with van der Waals surface area (Å²) in [6.45, 7) is 4.38. The first kappa shape index (κ1) is 12.4. The molecule has 0 saturated carbocycles. The van der Waals surface area contributed by atoms with Crippen molar-refractivity contribution in [1.82, 2.24) is 4.98 Å². The van der Waals surface area contributed by atoms with Crippen molar-refractivity contribution in [2.24, 2.45) is 0 Å². The highest BCUT2D eigenvalue weighted by Gasteiger charge is 2.15. The number of pyridine rings is 1. The standard InChI is InChI=1S/C11H18NO2P/c1-3-4-9-14-15(2,13)10-11-5-7-12-8-6-11/h5-8H,3-4,9-10H2,1-2H3. The van der Waals surface area contributed by atoms with E-state index in [4.69, 9.17) is 4.52 Å². The molecule has 0 amide bonds. The lowest BCUT2D eigenvalue weighted by Crippen LogP contribution is -1.95. The van der Waals surface area contributed by atoms with Crippen LogP contribution in [0.2, 0.25) is 0 Å². The van der Waals surface area contributed by atoms with Gasteiger partial charge in [0.1, 0.15) is 0 Å². The Kier molecular flexibility index (Phi) is 5.00. The molecule has 1 aromatic rings. The third-order valence-electron chi connectivity index (χ3n) is 2.08. The molecule has 0 radical (unpaired) electrons. The average Bonchev–Trinajstić information content (AvgIpc) is 2.18. The van der Waals surface area contributed by atoms with Gasteiger partial charge in [0, 0.05) is 25.2 Å². The number of nitrogens with zero attached hydrogens (tertiary/aromatic N) is 1. The second-order valence-electron chi connectivity index (χ2n) is 3.71. The summed E-state index contributed by atoms with van der Waals surface area (Å²) in [4.78, 5) is 3.92. The molecule has 0 N–H and O–H groups in total. The minimum absolute atomic E-state index is 0.499. The molecule has 1 rings (SSSR count). The maximum atomic E-state index is 12.0. The Hall–Kier alpha value is -0.660. The Labute approximate surface area is 91.3 Å². The second-order valence-corrected chi connectivity index (χ2v) is 6.32. The van der Waals surface area contributed by atoms with Crippen LogP contribution in [0.15, 0.2) is 24.5 Å². The zero-order valence-corrected chi connectivity index (χ0v) is 10.2. The van der Waals surface area contributed by atoms with E-state index in [0.717, 1.165) is 18.4 Å². The van der Waals surface area contributed by atoms with E-state index >= 15 is 0 Å². The molecule has 4 heteroatoms. The van der Waals surface area contributed by atoms with E-state index < -0.39 is 7.37 Å². The van der Waals surface area contributed by atoms with E-state index in [9.17, 15) is 4.57 Å². The minimum Gasteiger partial charge on any atom is -0.328 e. The lowest BCUT2D eigenvalue weighted by atomic mass is 10.3. The van der Waals surface area contributed by atoms with Gasteiger partial charge in [0.2, 0.25) is 7.37 Å². The van der Waals surface area contributed by atoms with Gasteiger partial charge in [-0.1, -0.05) is 13.3 Å². The molecule has 3 nitrogen and oxygen atoms in total. The lowest BCUT2D eigenvalue weighted by Gasteiger charge is -2.13. The summed E-state index contributed by atoms with van der Waals surface area (Å²) in [5.41, 5.74) is 1.02. The Bertz CT molecular complexity index is 327. The van der Waals surface area contributed by atoms with Crippen LogP contribution in [0.4, 0.5) is 0 Å². The minimum atomic E-state index is -2.47. The molecule has 0 aliphatic rings. The van der Waals surface area contributed by atoms with E-state index in [1.54, 1.807) is 19.1 Å². The van der Waals surface area contributed by atoms with Gasteiger partial charge < -0.3 is 4.52 Å². The fourth-order valence-electron chi connectivity index (χ4n) is 1.27. The summed E-state index contributed by atoms with van der Waals surface area (Å²) in [7, 11) is -2.47. The number of hydrogen-bond acceptors (Lipinski definition) is 3. The van der Waals surface area contributed by atoms with Crippen LogP contribution in [0.1, 0.15) is 25.3 Å². The maximum absolute atomic E-state index is 12.0. The maximum Gasteiger partial charge on any atom is 0.204 e. The van der Waals surface area contributed by atoms with Crippen molar-refractivity contribution in [1.29, 1.82) is 0 Å². The summed E-state index contributed by atoms with van der Waals surface area (Å²) in [5.74, 6) is 0. The molecule has 0 aliphatic carbocycles. The van der Waals surface area contributed by atoms with Gasteiger partial charge in [0.05, 0.1) is 6.61 Å². The van der Waals surface area contributed by atoms with Crippen LogP contribution in [-0.4, -0.2) is 18.3 Å². The number of rotatable bonds is 6. The van der Waals surface area contributed by atoms with Gasteiger partial charge in [0.15, 0.2) is 0 Å². The van der Waals surface area contributed by atoms with Crippen LogP contribution < -0.4 is 0 Å². The van der Waals surface area contributed by atoms with Crippen molar-refractivity contribution in [2.45, 2.75) is 25.9 Å². The van der Waals surface area contributed by atoms with Gasteiger partial charge in [-0.25, -0.2) is 0 Å². The molecule has 0 aliphatic heterocycles. The largest absolute Gasteiger partial charge is 0.328 e. The lowest BCUT2D eigenvalue weighted by molar-refractivity contribution is 0.308. The molecule has 0 fully saturated rings. The van der Waals surface area contributed by atoms with Crippen molar-refractivity contribution in [3.05, 3.63) is 30.1 Å². The third-order valence-corrected chi connectivity index (χ3v) is 3.75. The highest BCUT2D eigenvalue weighted by Crippen LogP contribution is 2.46. The zero-order chi connectivity index (χ0) is 11.1. The first-order valence-corrected chi connectivity index (χ1v) is 7.50. The molecule has 15 heavy (non-hydrogen) atoms. The summed E-state index contributed by atoms with van der Waals surface area (Å²) in [6.07, 6.45) is 5.95. The highest BCUT2D eigenvalue weighted by molar-refractivity contribution is 7.57. The van der Waals surface area contributed by atoms with Crippen molar-refractivity contribution >= 4 is 7.37 Å². The number of hydrogen-bond donors (Lipinski definition) is 0. The topological polar surface area (TPSA) is 39.2 Å². The molecule has 84 valence electrons. The molecular weight excluding hydrogens is 209 g/mol. The molecule has 0 aromatic carbocycles. The van der Waals surface area contributed by atoms with E-state index in [1.807, 2.05) is 12.1 Å². The normalized spacial score (nSPS) is 14.8. The van der Waals surface area contributed by atoms with E-state index in [0.29, 0.717) is 12.8 Å². The van der Waals surface area contributed by atoms with Gasteiger partial charge >= 0.3 is 0 Å². The number of aromatic nitrogens is 1. The molecule has 1 unspecified atom stereocenters. The second kappa shape index (κ2) is 6.04. The van der Waals surface area contributed by atoms with Gasteiger partial charge in [0.25, 0.3) is 0 Å². The number of unbranched alkanes of at least 4 members (excludes halogenated alkanes) is 1. The molecule has 1 heterocycles. The quantitative estimate of drug-likeness (QED) is 0.553. The predicted molar refractivity (Wildman–Crippen MR) is 62.3 cm³/mol. The summed E-state index contributed by atoms with van der Waals surface area (Å²) in [6, 6.07) is 3.75. The third kappa shape index (κ3) is 5.10. The Balaban J connectivity index is 2.46. The summed E-state index contributed by atoms with van der Waals surface area (Å²) < 4.78 is 17.4. The van der Waals surface area contributed by atoms with Crippen LogP contribution in [0, 0.1) is 0 Å². The van der Waals surface area contributed by atoms with Crippen LogP contribution in [0.25, 0.3) is 0 Å². The Morgan fingerprint density at radius 1 is 1.40 bits per heavy atom. The van der Waals surface area contributed by atoms with Crippen LogP contribution in [0.5, 0.6) is 0 Å². The van der Waals surface area contributed by atoms with Crippen LogP contribution >= 0.6 is 7.37 Å². The van der Waals surface area contributed by atoms with Crippen molar-refractivity contribution < 1.29 is 9.09 Å². The fraction of sp³-hybridized carbons (Fsp3) is 0.545. The summed E-state index contributed by atoms with van der Waals surface area (Å²) in [5, 5.41) is 0. The van der Waals surface area contributed by atoms with Gasteiger partial charge in [-0.2, -0.15) is 0 Å². The van der Waals surface area contributed by atoms with Crippen LogP contribution in [0.3, 0.4) is 0 Å². The van der Waals surface area contributed by atoms with Gasteiger partial charge in [-0.05, 0) is 24.1 Å². The van der Waals surface area contributed by atoms with Gasteiger partial charge in [-0.15, -0.1) is 0 Å². The first-order valence-electron chi connectivity index (χ1n) is 5.24. The van der Waals surface area contributed by atoms with Crippen molar-refractivity contribution in [3.63, 3.8) is 0 Å². The Morgan fingerprint density at radius 2 is 2.07 bits per heavy atom. The van der Waals surface area contributed by atoms with E-state index in [-0.39, 0.29) is 0 Å². The molecule has 1 atom stereocenters. The smallest absolute Gasteiger partial charge is 0.204 e. The predicted octanol–water partition coefficient (Wildman–Crippen LogP) is 3.31. The van der Waals surface area contributed by atoms with Crippen molar-refractivity contribution in [2.75, 3.05) is 13.3 Å². The highest BCUT2D eigenvalue weighted by atomic mass is 31.2. The Morgan fingerprint density at radius 3 is 2.67 bits per heavy atom. The van der Waals surface area contributed by atoms with Gasteiger partial charge in [-0.3, -0.25) is 9.55 Å². The molecule has 1 aromatic heterocycles. The van der Waals surface area contributed by atoms with Crippen LogP contribution in [-0.2, 0) is 15.3 Å². The fourth-order valence-corrected chi connectivity index (χ4v) is 2.75.